The Balaban J connectivity index is 1.54. The molecule has 0 N–H and O–H groups in total. The standard InChI is InChI=1S/C19H21NO4/c1-20-18(14-6-4-3-5-7-14)12-17(24-20)13-23-19(21)15-8-10-16(22-2)11-9-15/h3-11,17-18H,12-13H2,1-2H3. The molecule has 0 bridgehead atoms. The number of methoxy groups -OCH3 is 1. The molecular weight excluding hydrogens is 306 g/mol. The number of hydrogen-bond donors (Lipinski definition) is 0. The largest absolute Gasteiger partial charge is 0.497 e. The van der Waals surface area contributed by atoms with Crippen LogP contribution in [0.1, 0.15) is 28.4 Å². The second kappa shape index (κ2) is 7.47. The van der Waals surface area contributed by atoms with Crippen molar-refractivity contribution in [3.05, 3.63) is 65.7 Å². The number of hydroxylamine groups is 2. The Bertz CT molecular complexity index is 672. The number of carbonyl (C=O) groups is 1. The van der Waals surface area contributed by atoms with Crippen LogP contribution in [0.25, 0.3) is 0 Å². The summed E-state index contributed by atoms with van der Waals surface area (Å²) in [6.45, 7) is 0.235. The van der Waals surface area contributed by atoms with Gasteiger partial charge in [-0.3, -0.25) is 4.84 Å². The van der Waals surface area contributed by atoms with Gasteiger partial charge in [-0.05, 0) is 29.8 Å². The molecule has 0 amide bonds. The van der Waals surface area contributed by atoms with E-state index < -0.39 is 0 Å². The average Bonchev–Trinajstić information content (AvgIpc) is 3.01. The van der Waals surface area contributed by atoms with E-state index in [2.05, 4.69) is 12.1 Å². The molecule has 1 heterocycles. The topological polar surface area (TPSA) is 48.0 Å². The molecule has 0 radical (unpaired) electrons. The molecule has 2 unspecified atom stereocenters. The van der Waals surface area contributed by atoms with Crippen molar-refractivity contribution in [2.75, 3.05) is 20.8 Å². The first-order valence-corrected chi connectivity index (χ1v) is 7.93. The molecule has 1 aliphatic heterocycles. The monoisotopic (exact) mass is 327 g/mol. The number of benzene rings is 2. The minimum atomic E-state index is -0.355. The highest BCUT2D eigenvalue weighted by molar-refractivity contribution is 5.89. The van der Waals surface area contributed by atoms with Crippen molar-refractivity contribution < 1.29 is 19.1 Å². The second-order valence-electron chi connectivity index (χ2n) is 5.76. The molecule has 0 aromatic heterocycles. The van der Waals surface area contributed by atoms with Crippen LogP contribution in [0, 0.1) is 0 Å². The highest BCUT2D eigenvalue weighted by atomic mass is 16.7. The fourth-order valence-electron chi connectivity index (χ4n) is 2.85. The van der Waals surface area contributed by atoms with Crippen molar-refractivity contribution in [1.82, 2.24) is 5.06 Å². The number of nitrogens with zero attached hydrogens (tertiary/aromatic N) is 1. The predicted octanol–water partition coefficient (Wildman–Crippen LogP) is 3.23. The minimum Gasteiger partial charge on any atom is -0.497 e. The van der Waals surface area contributed by atoms with E-state index in [0.717, 1.165) is 6.42 Å². The Labute approximate surface area is 141 Å². The van der Waals surface area contributed by atoms with Gasteiger partial charge in [0.05, 0.1) is 18.7 Å². The summed E-state index contributed by atoms with van der Waals surface area (Å²) in [5, 5.41) is 1.83. The summed E-state index contributed by atoms with van der Waals surface area (Å²) in [7, 11) is 3.49. The highest BCUT2D eigenvalue weighted by Gasteiger charge is 2.32. The van der Waals surface area contributed by atoms with Crippen LogP contribution in [-0.2, 0) is 9.57 Å². The zero-order valence-corrected chi connectivity index (χ0v) is 13.8. The molecule has 3 rings (SSSR count). The summed E-state index contributed by atoms with van der Waals surface area (Å²) < 4.78 is 10.5. The molecule has 1 aliphatic rings. The number of esters is 1. The molecule has 126 valence electrons. The first kappa shape index (κ1) is 16.5. The van der Waals surface area contributed by atoms with Gasteiger partial charge in [-0.1, -0.05) is 30.3 Å². The van der Waals surface area contributed by atoms with Gasteiger partial charge in [-0.2, -0.15) is 5.06 Å². The van der Waals surface area contributed by atoms with Crippen LogP contribution in [-0.4, -0.2) is 37.9 Å². The van der Waals surface area contributed by atoms with E-state index in [0.29, 0.717) is 11.3 Å². The number of rotatable bonds is 5. The lowest BCUT2D eigenvalue weighted by molar-refractivity contribution is -0.153. The van der Waals surface area contributed by atoms with Gasteiger partial charge >= 0.3 is 5.97 Å². The lowest BCUT2D eigenvalue weighted by Gasteiger charge is -2.17. The van der Waals surface area contributed by atoms with Crippen LogP contribution in [0.2, 0.25) is 0 Å². The molecule has 1 fully saturated rings. The third kappa shape index (κ3) is 3.75. The van der Waals surface area contributed by atoms with E-state index >= 15 is 0 Å². The molecule has 2 aromatic carbocycles. The van der Waals surface area contributed by atoms with Gasteiger partial charge in [-0.15, -0.1) is 0 Å². The van der Waals surface area contributed by atoms with Crippen LogP contribution < -0.4 is 4.74 Å². The van der Waals surface area contributed by atoms with Gasteiger partial charge < -0.3 is 9.47 Å². The maximum absolute atomic E-state index is 12.1. The Morgan fingerprint density at radius 3 is 2.54 bits per heavy atom. The molecule has 0 saturated carbocycles. The maximum atomic E-state index is 12.1. The number of ether oxygens (including phenoxy) is 2. The van der Waals surface area contributed by atoms with Gasteiger partial charge in [0, 0.05) is 13.5 Å². The third-order valence-corrected chi connectivity index (χ3v) is 4.15. The quantitative estimate of drug-likeness (QED) is 0.789. The molecule has 24 heavy (non-hydrogen) atoms. The summed E-state index contributed by atoms with van der Waals surface area (Å²) in [4.78, 5) is 17.9. The average molecular weight is 327 g/mol. The van der Waals surface area contributed by atoms with E-state index in [4.69, 9.17) is 14.3 Å². The minimum absolute atomic E-state index is 0.137. The smallest absolute Gasteiger partial charge is 0.338 e. The highest BCUT2D eigenvalue weighted by Crippen LogP contribution is 2.32. The fraction of sp³-hybridized carbons (Fsp3) is 0.316. The second-order valence-corrected chi connectivity index (χ2v) is 5.76. The number of hydrogen-bond acceptors (Lipinski definition) is 5. The molecule has 5 heteroatoms. The van der Waals surface area contributed by atoms with Crippen LogP contribution in [0.4, 0.5) is 0 Å². The Morgan fingerprint density at radius 1 is 1.17 bits per heavy atom. The van der Waals surface area contributed by atoms with Gasteiger partial charge in [-0.25, -0.2) is 4.79 Å². The zero-order valence-electron chi connectivity index (χ0n) is 13.8. The first-order valence-electron chi connectivity index (χ1n) is 7.93. The van der Waals surface area contributed by atoms with E-state index in [1.807, 2.05) is 30.3 Å². The lowest BCUT2D eigenvalue weighted by atomic mass is 10.0. The van der Waals surface area contributed by atoms with Crippen molar-refractivity contribution in [2.45, 2.75) is 18.6 Å². The zero-order chi connectivity index (χ0) is 16.9. The Kier molecular flexibility index (Phi) is 5.13. The first-order chi connectivity index (χ1) is 11.7. The van der Waals surface area contributed by atoms with Crippen molar-refractivity contribution in [3.63, 3.8) is 0 Å². The summed E-state index contributed by atoms with van der Waals surface area (Å²) >= 11 is 0. The van der Waals surface area contributed by atoms with Crippen molar-refractivity contribution in [2.24, 2.45) is 0 Å². The summed E-state index contributed by atoms with van der Waals surface area (Å²) in [5.41, 5.74) is 1.70. The van der Waals surface area contributed by atoms with Gasteiger partial charge in [0.15, 0.2) is 0 Å². The van der Waals surface area contributed by atoms with Crippen molar-refractivity contribution in [1.29, 1.82) is 0 Å². The summed E-state index contributed by atoms with van der Waals surface area (Å²) in [5.74, 6) is 0.352. The van der Waals surface area contributed by atoms with E-state index in [-0.39, 0.29) is 24.7 Å². The molecule has 2 aromatic rings. The third-order valence-electron chi connectivity index (χ3n) is 4.15. The van der Waals surface area contributed by atoms with Gasteiger partial charge in [0.2, 0.25) is 0 Å². The van der Waals surface area contributed by atoms with Crippen molar-refractivity contribution in [3.8, 4) is 5.75 Å². The molecule has 0 aliphatic carbocycles. The number of carbonyl (C=O) groups excluding carboxylic acids is 1. The van der Waals surface area contributed by atoms with Crippen molar-refractivity contribution >= 4 is 5.97 Å². The van der Waals surface area contributed by atoms with Gasteiger partial charge in [0.1, 0.15) is 18.5 Å². The molecule has 2 atom stereocenters. The summed E-state index contributed by atoms with van der Waals surface area (Å²) in [6, 6.07) is 17.2. The molecule has 5 nitrogen and oxygen atoms in total. The molecule has 1 saturated heterocycles. The van der Waals surface area contributed by atoms with Gasteiger partial charge in [0.25, 0.3) is 0 Å². The summed E-state index contributed by atoms with van der Waals surface area (Å²) in [6.07, 6.45) is 0.651. The SMILES string of the molecule is COc1ccc(C(=O)OCC2CC(c3ccccc3)N(C)O2)cc1. The molecular formula is C19H21NO4. The Morgan fingerprint density at radius 2 is 1.88 bits per heavy atom. The normalized spacial score (nSPS) is 20.8. The van der Waals surface area contributed by atoms with E-state index in [1.165, 1.54) is 5.56 Å². The van der Waals surface area contributed by atoms with E-state index in [9.17, 15) is 4.79 Å². The predicted molar refractivity (Wildman–Crippen MR) is 89.7 cm³/mol. The van der Waals surface area contributed by atoms with E-state index in [1.54, 1.807) is 31.4 Å². The molecule has 0 spiro atoms. The van der Waals surface area contributed by atoms with Crippen LogP contribution in [0.5, 0.6) is 5.75 Å². The Hall–Kier alpha value is -2.37. The lowest BCUT2D eigenvalue weighted by Crippen LogP contribution is -2.20. The fourth-order valence-corrected chi connectivity index (χ4v) is 2.85. The maximum Gasteiger partial charge on any atom is 0.338 e. The van der Waals surface area contributed by atoms with Crippen LogP contribution in [0.3, 0.4) is 0 Å². The van der Waals surface area contributed by atoms with Crippen LogP contribution in [0.15, 0.2) is 54.6 Å². The van der Waals surface area contributed by atoms with Crippen LogP contribution >= 0.6 is 0 Å².